The highest BCUT2D eigenvalue weighted by atomic mass is 16.6. The van der Waals surface area contributed by atoms with Crippen LogP contribution < -0.4 is 4.74 Å². The Morgan fingerprint density at radius 1 is 1.17 bits per heavy atom. The molecule has 0 saturated carbocycles. The summed E-state index contributed by atoms with van der Waals surface area (Å²) < 4.78 is 10.4. The molecule has 0 aliphatic carbocycles. The second kappa shape index (κ2) is 10.0. The molecule has 0 aliphatic heterocycles. The number of methoxy groups -OCH3 is 1. The van der Waals surface area contributed by atoms with Crippen LogP contribution >= 0.6 is 0 Å². The van der Waals surface area contributed by atoms with Gasteiger partial charge in [0.15, 0.2) is 17.3 Å². The van der Waals surface area contributed by atoms with E-state index in [1.165, 1.54) is 38.9 Å². The summed E-state index contributed by atoms with van der Waals surface area (Å²) in [4.78, 5) is 24.2. The molecule has 0 saturated heterocycles. The van der Waals surface area contributed by atoms with Crippen molar-refractivity contribution in [3.05, 3.63) is 29.0 Å². The average Bonchev–Trinajstić information content (AvgIpc) is 3.00. The molecule has 4 heteroatoms. The van der Waals surface area contributed by atoms with Crippen molar-refractivity contribution in [2.75, 3.05) is 7.11 Å². The van der Waals surface area contributed by atoms with Crippen LogP contribution in [0.15, 0.2) is 22.1 Å². The minimum atomic E-state index is -0.144. The molecule has 0 aromatic carbocycles. The topological polar surface area (TPSA) is 56.5 Å². The number of hydrogen-bond donors (Lipinski definition) is 0. The number of hydrogen-bond acceptors (Lipinski definition) is 4. The van der Waals surface area contributed by atoms with Crippen LogP contribution in [0.5, 0.6) is 5.95 Å². The zero-order valence-electron chi connectivity index (χ0n) is 14.7. The summed E-state index contributed by atoms with van der Waals surface area (Å²) in [5.41, 5.74) is 0.985. The summed E-state index contributed by atoms with van der Waals surface area (Å²) in [6, 6.07) is 1.49. The van der Waals surface area contributed by atoms with Crippen molar-refractivity contribution < 1.29 is 18.7 Å². The summed E-state index contributed by atoms with van der Waals surface area (Å²) in [5.74, 6) is 0.0109. The Kier molecular flexibility index (Phi) is 8.38. The van der Waals surface area contributed by atoms with Gasteiger partial charge in [0.25, 0.3) is 5.95 Å². The Balaban J connectivity index is 2.71. The molecule has 128 valence electrons. The van der Waals surface area contributed by atoms with Crippen molar-refractivity contribution in [2.45, 2.75) is 65.7 Å². The van der Waals surface area contributed by atoms with Crippen LogP contribution in [0.1, 0.15) is 86.6 Å². The first-order chi connectivity index (χ1) is 11.0. The van der Waals surface area contributed by atoms with Crippen LogP contribution in [0, 0.1) is 0 Å². The van der Waals surface area contributed by atoms with E-state index in [1.54, 1.807) is 13.8 Å². The molecule has 0 aliphatic rings. The van der Waals surface area contributed by atoms with Gasteiger partial charge in [0.05, 0.1) is 7.11 Å². The molecule has 23 heavy (non-hydrogen) atoms. The molecule has 0 fully saturated rings. The lowest BCUT2D eigenvalue weighted by Crippen LogP contribution is -2.01. The lowest BCUT2D eigenvalue weighted by molar-refractivity contribution is 0.0953. The first kappa shape index (κ1) is 19.2. The van der Waals surface area contributed by atoms with Gasteiger partial charge in [0.2, 0.25) is 0 Å². The van der Waals surface area contributed by atoms with Gasteiger partial charge in [0.1, 0.15) is 5.56 Å². The third-order valence-corrected chi connectivity index (χ3v) is 3.84. The van der Waals surface area contributed by atoms with Crippen LogP contribution in [0.4, 0.5) is 0 Å². The van der Waals surface area contributed by atoms with E-state index in [9.17, 15) is 9.59 Å². The zero-order valence-corrected chi connectivity index (χ0v) is 14.7. The highest BCUT2D eigenvalue weighted by Gasteiger charge is 2.22. The fourth-order valence-electron chi connectivity index (χ4n) is 2.37. The number of ketones is 2. The van der Waals surface area contributed by atoms with Crippen LogP contribution in [0.2, 0.25) is 0 Å². The highest BCUT2D eigenvalue weighted by molar-refractivity contribution is 6.11. The number of carbonyl (C=O) groups is 2. The highest BCUT2D eigenvalue weighted by Crippen LogP contribution is 2.27. The molecule has 0 amide bonds. The zero-order chi connectivity index (χ0) is 17.2. The Morgan fingerprint density at radius 3 is 2.48 bits per heavy atom. The number of furan rings is 1. The van der Waals surface area contributed by atoms with Gasteiger partial charge in [-0.05, 0) is 25.3 Å². The molecule has 1 rings (SSSR count). The van der Waals surface area contributed by atoms with E-state index >= 15 is 0 Å². The van der Waals surface area contributed by atoms with Gasteiger partial charge in [0, 0.05) is 12.5 Å². The molecule has 0 unspecified atom stereocenters. The maximum atomic E-state index is 12.5. The fourth-order valence-corrected chi connectivity index (χ4v) is 2.37. The molecular formula is C19H28O4. The van der Waals surface area contributed by atoms with Crippen LogP contribution in [0.25, 0.3) is 0 Å². The second-order valence-corrected chi connectivity index (χ2v) is 5.71. The molecule has 0 spiro atoms. The number of carbonyl (C=O) groups excluding carboxylic acids is 2. The molecule has 0 atom stereocenters. The Labute approximate surface area is 138 Å². The number of unbranched alkanes of at least 4 members (excludes halogenated alkanes) is 5. The van der Waals surface area contributed by atoms with E-state index in [-0.39, 0.29) is 23.3 Å². The molecule has 4 nitrogen and oxygen atoms in total. The molecule has 1 aromatic rings. The Bertz CT molecular complexity index is 552. The van der Waals surface area contributed by atoms with Gasteiger partial charge in [-0.2, -0.15) is 0 Å². The number of rotatable bonds is 11. The Hall–Kier alpha value is -1.84. The van der Waals surface area contributed by atoms with E-state index < -0.39 is 0 Å². The summed E-state index contributed by atoms with van der Waals surface area (Å²) in [6.45, 7) is 5.74. The smallest absolute Gasteiger partial charge is 0.296 e. The van der Waals surface area contributed by atoms with Gasteiger partial charge in [-0.3, -0.25) is 9.59 Å². The summed E-state index contributed by atoms with van der Waals surface area (Å²) >= 11 is 0. The van der Waals surface area contributed by atoms with Gasteiger partial charge in [-0.15, -0.1) is 0 Å². The van der Waals surface area contributed by atoms with Gasteiger partial charge in [-0.25, -0.2) is 0 Å². The molecule has 1 aromatic heterocycles. The molecule has 0 bridgehead atoms. The van der Waals surface area contributed by atoms with Crippen molar-refractivity contribution in [1.82, 2.24) is 0 Å². The van der Waals surface area contributed by atoms with E-state index in [1.807, 2.05) is 6.08 Å². The SMILES string of the molecule is CCCCCCC/C=C(\C)C(=O)c1cc(C(=O)CC)oc1OC. The van der Waals surface area contributed by atoms with Gasteiger partial charge >= 0.3 is 0 Å². The van der Waals surface area contributed by atoms with Crippen molar-refractivity contribution in [2.24, 2.45) is 0 Å². The standard InChI is InChI=1S/C19H28O4/c1-5-7-8-9-10-11-12-14(3)18(21)15-13-17(16(20)6-2)23-19(15)22-4/h12-13H,5-11H2,1-4H3/b14-12+. The first-order valence-electron chi connectivity index (χ1n) is 8.47. The third-order valence-electron chi connectivity index (χ3n) is 3.84. The van der Waals surface area contributed by atoms with Crippen molar-refractivity contribution in [3.8, 4) is 5.95 Å². The lowest BCUT2D eigenvalue weighted by Gasteiger charge is -2.01. The van der Waals surface area contributed by atoms with Crippen molar-refractivity contribution >= 4 is 11.6 Å². The Morgan fingerprint density at radius 2 is 1.87 bits per heavy atom. The van der Waals surface area contributed by atoms with E-state index in [0.717, 1.165) is 12.8 Å². The number of Topliss-reactive ketones (excluding diaryl/α,β-unsaturated/α-hetero) is 2. The molecular weight excluding hydrogens is 292 g/mol. The van der Waals surface area contributed by atoms with Gasteiger partial charge < -0.3 is 9.15 Å². The predicted octanol–water partition coefficient (Wildman–Crippen LogP) is 5.37. The van der Waals surface area contributed by atoms with E-state index in [2.05, 4.69) is 6.92 Å². The lowest BCUT2D eigenvalue weighted by atomic mass is 10.0. The van der Waals surface area contributed by atoms with E-state index in [4.69, 9.17) is 9.15 Å². The summed E-state index contributed by atoms with van der Waals surface area (Å²) in [7, 11) is 1.43. The van der Waals surface area contributed by atoms with Crippen LogP contribution in [0.3, 0.4) is 0 Å². The predicted molar refractivity (Wildman–Crippen MR) is 91.3 cm³/mol. The normalized spacial score (nSPS) is 11.6. The molecule has 0 radical (unpaired) electrons. The fraction of sp³-hybridized carbons (Fsp3) is 0.579. The van der Waals surface area contributed by atoms with Crippen molar-refractivity contribution in [3.63, 3.8) is 0 Å². The maximum absolute atomic E-state index is 12.5. The number of ether oxygens (including phenoxy) is 1. The first-order valence-corrected chi connectivity index (χ1v) is 8.47. The maximum Gasteiger partial charge on any atom is 0.296 e. The summed E-state index contributed by atoms with van der Waals surface area (Å²) in [6.07, 6.45) is 9.20. The second-order valence-electron chi connectivity index (χ2n) is 5.71. The molecule has 1 heterocycles. The van der Waals surface area contributed by atoms with Crippen LogP contribution in [-0.2, 0) is 0 Å². The third kappa shape index (κ3) is 5.70. The van der Waals surface area contributed by atoms with Crippen molar-refractivity contribution in [1.29, 1.82) is 0 Å². The minimum Gasteiger partial charge on any atom is -0.468 e. The average molecular weight is 320 g/mol. The monoisotopic (exact) mass is 320 g/mol. The number of allylic oxidation sites excluding steroid dienone is 2. The largest absolute Gasteiger partial charge is 0.468 e. The van der Waals surface area contributed by atoms with Gasteiger partial charge in [-0.1, -0.05) is 45.6 Å². The molecule has 0 N–H and O–H groups in total. The minimum absolute atomic E-state index is 0.113. The summed E-state index contributed by atoms with van der Waals surface area (Å²) in [5, 5.41) is 0. The quantitative estimate of drug-likeness (QED) is 0.312. The van der Waals surface area contributed by atoms with Crippen LogP contribution in [-0.4, -0.2) is 18.7 Å². The van der Waals surface area contributed by atoms with E-state index in [0.29, 0.717) is 17.6 Å².